The van der Waals surface area contributed by atoms with Crippen molar-refractivity contribution >= 4 is 17.7 Å². The van der Waals surface area contributed by atoms with Crippen LogP contribution in [0.25, 0.3) is 0 Å². The molecule has 0 radical (unpaired) electrons. The Bertz CT molecular complexity index is 1000. The van der Waals surface area contributed by atoms with Crippen molar-refractivity contribution < 1.29 is 24.2 Å². The molecule has 3 aliphatic heterocycles. The lowest BCUT2D eigenvalue weighted by Crippen LogP contribution is -2.62. The number of fused-ring (bicyclic) bond motifs is 1. The maximum absolute atomic E-state index is 14.9. The molecule has 1 spiro atoms. The van der Waals surface area contributed by atoms with Gasteiger partial charge in [-0.2, -0.15) is 0 Å². The molecule has 1 N–H and O–H groups in total. The maximum atomic E-state index is 14.9. The molecule has 0 aliphatic carbocycles. The first-order chi connectivity index (χ1) is 19.1. The van der Waals surface area contributed by atoms with E-state index in [-0.39, 0.29) is 35.7 Å². The van der Waals surface area contributed by atoms with E-state index in [0.717, 1.165) is 12.8 Å². The summed E-state index contributed by atoms with van der Waals surface area (Å²) in [4.78, 5) is 48.7. The first-order valence-electron chi connectivity index (χ1n) is 15.5. The highest BCUT2D eigenvalue weighted by atomic mass is 16.5. The van der Waals surface area contributed by atoms with Gasteiger partial charge in [0.2, 0.25) is 17.7 Å². The molecule has 0 aromatic heterocycles. The fraction of sp³-hybridized carbons (Fsp3) is 0.788. The number of carbonyl (C=O) groups is 3. The van der Waals surface area contributed by atoms with Crippen molar-refractivity contribution in [1.82, 2.24) is 14.7 Å². The van der Waals surface area contributed by atoms with Gasteiger partial charge in [0.25, 0.3) is 0 Å². The number of aliphatic hydroxyl groups is 1. The first-order valence-corrected chi connectivity index (χ1v) is 15.5. The molecule has 8 nitrogen and oxygen atoms in total. The molecule has 2 unspecified atom stereocenters. The minimum absolute atomic E-state index is 0.0474. The molecule has 2 bridgehead atoms. The standard InChI is InChI=1S/C33H55N3O5/c1-11-16-34(17-12-2)28(38)25-24-14-15-33(41-24)26(25)29(39)36(23(20-37)19-22(4)5)27(33)30(40)35(18-13-3)32(9,10)21-31(6,7)8/h11,13,22-27,37H,1,3,12,14-21H2,2,4-10H3/t23-,24+,25-,26+,27?,33?/m1/s1. The van der Waals surface area contributed by atoms with Crippen molar-refractivity contribution in [2.24, 2.45) is 23.2 Å². The smallest absolute Gasteiger partial charge is 0.249 e. The first kappa shape index (κ1) is 33.3. The summed E-state index contributed by atoms with van der Waals surface area (Å²) in [6.45, 7) is 25.5. The summed E-state index contributed by atoms with van der Waals surface area (Å²) in [6.07, 6.45) is 6.25. The van der Waals surface area contributed by atoms with Crippen LogP contribution >= 0.6 is 0 Å². The Morgan fingerprint density at radius 3 is 2.29 bits per heavy atom. The van der Waals surface area contributed by atoms with E-state index in [4.69, 9.17) is 4.74 Å². The average molecular weight is 574 g/mol. The normalized spacial score (nSPS) is 28.1. The van der Waals surface area contributed by atoms with Crippen molar-refractivity contribution in [3.63, 3.8) is 0 Å². The minimum Gasteiger partial charge on any atom is -0.394 e. The fourth-order valence-electron chi connectivity index (χ4n) is 8.10. The largest absolute Gasteiger partial charge is 0.394 e. The summed E-state index contributed by atoms with van der Waals surface area (Å²) >= 11 is 0. The van der Waals surface area contributed by atoms with E-state index in [1.807, 2.05) is 25.7 Å². The second-order valence-corrected chi connectivity index (χ2v) is 14.6. The monoisotopic (exact) mass is 573 g/mol. The summed E-state index contributed by atoms with van der Waals surface area (Å²) in [5, 5.41) is 10.6. The minimum atomic E-state index is -1.10. The number of rotatable bonds is 14. The molecule has 3 amide bonds. The SMILES string of the molecule is C=CCN(CCC)C(=O)[C@@H]1[C@@H]2CCC3(O2)C(C(=O)N(CC=C)C(C)(C)CC(C)(C)C)N([C@@H](CO)CC(C)C)C(=O)[C@H]13. The molecule has 0 aromatic carbocycles. The highest BCUT2D eigenvalue weighted by Crippen LogP contribution is 2.59. The van der Waals surface area contributed by atoms with Crippen LogP contribution in [0, 0.1) is 23.2 Å². The summed E-state index contributed by atoms with van der Waals surface area (Å²) in [7, 11) is 0. The lowest BCUT2D eigenvalue weighted by molar-refractivity contribution is -0.156. The number of aliphatic hydroxyl groups excluding tert-OH is 1. The predicted octanol–water partition coefficient (Wildman–Crippen LogP) is 4.42. The number of amides is 3. The third-order valence-electron chi connectivity index (χ3n) is 9.03. The molecule has 8 heteroatoms. The van der Waals surface area contributed by atoms with Crippen molar-refractivity contribution in [2.75, 3.05) is 26.2 Å². The zero-order valence-corrected chi connectivity index (χ0v) is 26.8. The second-order valence-electron chi connectivity index (χ2n) is 14.6. The van der Waals surface area contributed by atoms with Crippen LogP contribution in [-0.2, 0) is 19.1 Å². The Kier molecular flexibility index (Phi) is 10.2. The van der Waals surface area contributed by atoms with E-state index < -0.39 is 41.2 Å². The third kappa shape index (κ3) is 6.29. The molecule has 3 heterocycles. The van der Waals surface area contributed by atoms with E-state index in [1.54, 1.807) is 22.0 Å². The van der Waals surface area contributed by atoms with Gasteiger partial charge in [-0.25, -0.2) is 0 Å². The van der Waals surface area contributed by atoms with Gasteiger partial charge in [-0.15, -0.1) is 13.2 Å². The average Bonchev–Trinajstić information content (AvgIpc) is 3.50. The number of hydrogen-bond donors (Lipinski definition) is 1. The lowest BCUT2D eigenvalue weighted by atomic mass is 9.70. The van der Waals surface area contributed by atoms with Gasteiger partial charge in [-0.05, 0) is 57.3 Å². The number of nitrogens with zero attached hydrogens (tertiary/aromatic N) is 3. The highest BCUT2D eigenvalue weighted by molar-refractivity contribution is 5.99. The molecule has 3 rings (SSSR count). The van der Waals surface area contributed by atoms with E-state index in [2.05, 4.69) is 47.8 Å². The van der Waals surface area contributed by atoms with Crippen LogP contribution in [0.1, 0.15) is 87.5 Å². The van der Waals surface area contributed by atoms with Gasteiger partial charge in [-0.1, -0.05) is 53.7 Å². The zero-order chi connectivity index (χ0) is 30.9. The quantitative estimate of drug-likeness (QED) is 0.311. The van der Waals surface area contributed by atoms with Gasteiger partial charge in [0.05, 0.1) is 30.6 Å². The van der Waals surface area contributed by atoms with E-state index in [9.17, 15) is 19.5 Å². The molecular formula is C33H55N3O5. The van der Waals surface area contributed by atoms with Crippen LogP contribution in [-0.4, -0.2) is 93.1 Å². The van der Waals surface area contributed by atoms with Crippen molar-refractivity contribution in [1.29, 1.82) is 0 Å². The maximum Gasteiger partial charge on any atom is 0.249 e. The van der Waals surface area contributed by atoms with Crippen LogP contribution in [0.3, 0.4) is 0 Å². The van der Waals surface area contributed by atoms with Crippen LogP contribution in [0.5, 0.6) is 0 Å². The van der Waals surface area contributed by atoms with Crippen molar-refractivity contribution in [3.05, 3.63) is 25.3 Å². The summed E-state index contributed by atoms with van der Waals surface area (Å²) in [5.74, 6) is -1.77. The number of hydrogen-bond acceptors (Lipinski definition) is 5. The Labute approximate surface area is 248 Å². The molecule has 3 saturated heterocycles. The third-order valence-corrected chi connectivity index (χ3v) is 9.03. The summed E-state index contributed by atoms with van der Waals surface area (Å²) in [5.41, 5.74) is -1.69. The molecule has 0 saturated carbocycles. The molecular weight excluding hydrogens is 518 g/mol. The summed E-state index contributed by atoms with van der Waals surface area (Å²) in [6, 6.07) is -1.47. The molecule has 3 fully saturated rings. The predicted molar refractivity (Wildman–Crippen MR) is 162 cm³/mol. The summed E-state index contributed by atoms with van der Waals surface area (Å²) < 4.78 is 6.71. The lowest BCUT2D eigenvalue weighted by Gasteiger charge is -2.46. The topological polar surface area (TPSA) is 90.4 Å². The van der Waals surface area contributed by atoms with E-state index in [1.165, 1.54) is 0 Å². The Balaban J connectivity index is 2.15. The number of likely N-dealkylation sites (tertiary alicyclic amines) is 1. The van der Waals surface area contributed by atoms with Gasteiger partial charge in [0, 0.05) is 25.2 Å². The second kappa shape index (κ2) is 12.6. The van der Waals surface area contributed by atoms with Crippen LogP contribution in [0.4, 0.5) is 0 Å². The Morgan fingerprint density at radius 1 is 1.15 bits per heavy atom. The van der Waals surface area contributed by atoms with Crippen LogP contribution in [0.15, 0.2) is 25.3 Å². The Morgan fingerprint density at radius 2 is 1.78 bits per heavy atom. The molecule has 3 aliphatic rings. The van der Waals surface area contributed by atoms with E-state index in [0.29, 0.717) is 38.9 Å². The van der Waals surface area contributed by atoms with Crippen molar-refractivity contribution in [3.8, 4) is 0 Å². The van der Waals surface area contributed by atoms with Gasteiger partial charge in [-0.3, -0.25) is 14.4 Å². The number of carbonyl (C=O) groups excluding carboxylic acids is 3. The highest BCUT2D eigenvalue weighted by Gasteiger charge is 2.75. The molecule has 6 atom stereocenters. The molecule has 41 heavy (non-hydrogen) atoms. The van der Waals surface area contributed by atoms with Crippen LogP contribution in [0.2, 0.25) is 0 Å². The van der Waals surface area contributed by atoms with Gasteiger partial charge in [0.1, 0.15) is 11.6 Å². The molecule has 232 valence electrons. The fourth-order valence-corrected chi connectivity index (χ4v) is 8.10. The Hall–Kier alpha value is -2.19. The zero-order valence-electron chi connectivity index (χ0n) is 26.8. The van der Waals surface area contributed by atoms with Crippen molar-refractivity contribution in [2.45, 2.75) is 117 Å². The van der Waals surface area contributed by atoms with E-state index >= 15 is 0 Å². The number of ether oxygens (including phenoxy) is 1. The van der Waals surface area contributed by atoms with Gasteiger partial charge < -0.3 is 24.5 Å². The molecule has 0 aromatic rings. The van der Waals surface area contributed by atoms with Crippen LogP contribution < -0.4 is 0 Å². The van der Waals surface area contributed by atoms with Gasteiger partial charge in [0.15, 0.2) is 0 Å². The van der Waals surface area contributed by atoms with Gasteiger partial charge >= 0.3 is 0 Å².